The van der Waals surface area contributed by atoms with Crippen molar-refractivity contribution in [3.05, 3.63) is 17.7 Å². The normalized spacial score (nSPS) is 11.1. The van der Waals surface area contributed by atoms with E-state index in [0.717, 1.165) is 24.9 Å². The second-order valence-electron chi connectivity index (χ2n) is 4.48. The largest absolute Gasteiger partial charge is 0.493 e. The van der Waals surface area contributed by atoms with E-state index in [1.165, 1.54) is 0 Å². The first-order valence-electron chi connectivity index (χ1n) is 6.99. The molecule has 21 heavy (non-hydrogen) atoms. The molecule has 3 N–H and O–H groups in total. The molecule has 0 unspecified atom stereocenters. The second kappa shape index (κ2) is 8.94. The van der Waals surface area contributed by atoms with Crippen LogP contribution in [0.1, 0.15) is 25.3 Å². The van der Waals surface area contributed by atoms with Gasteiger partial charge in [-0.3, -0.25) is 0 Å². The molecule has 0 atom stereocenters. The Balaban J connectivity index is 2.85. The average Bonchev–Trinajstić information content (AvgIpc) is 2.51. The molecule has 0 spiro atoms. The number of rotatable bonds is 8. The van der Waals surface area contributed by atoms with Crippen LogP contribution >= 0.6 is 0 Å². The van der Waals surface area contributed by atoms with E-state index < -0.39 is 0 Å². The van der Waals surface area contributed by atoms with E-state index in [9.17, 15) is 0 Å². The van der Waals surface area contributed by atoms with Crippen molar-refractivity contribution in [3.63, 3.8) is 0 Å². The van der Waals surface area contributed by atoms with Crippen LogP contribution in [0.15, 0.2) is 17.1 Å². The van der Waals surface area contributed by atoms with Crippen molar-refractivity contribution < 1.29 is 14.2 Å². The maximum Gasteiger partial charge on any atom is 0.203 e. The summed E-state index contributed by atoms with van der Waals surface area (Å²) in [6.45, 7) is 3.37. The van der Waals surface area contributed by atoms with Crippen molar-refractivity contribution in [1.82, 2.24) is 5.32 Å². The number of nitrogens with one attached hydrogen (secondary N) is 1. The number of nitrogens with two attached hydrogens (primary N) is 1. The number of benzene rings is 1. The van der Waals surface area contributed by atoms with Crippen molar-refractivity contribution in [2.24, 2.45) is 10.7 Å². The molecule has 0 aliphatic rings. The van der Waals surface area contributed by atoms with Gasteiger partial charge in [0.05, 0.1) is 27.9 Å². The van der Waals surface area contributed by atoms with E-state index in [0.29, 0.717) is 29.8 Å². The Labute approximate surface area is 126 Å². The van der Waals surface area contributed by atoms with Crippen molar-refractivity contribution in [2.75, 3.05) is 27.9 Å². The standard InChI is InChI=1S/C15H25N3O3/c1-5-6-9-17-15(16)18-10-11-7-8-12(19-2)14(21-4)13(11)20-3/h7-8H,5-6,9-10H2,1-4H3,(H3,16,17,18). The van der Waals surface area contributed by atoms with Crippen LogP contribution in [0, 0.1) is 0 Å². The number of nitrogens with zero attached hydrogens (tertiary/aromatic N) is 1. The molecule has 6 nitrogen and oxygen atoms in total. The maximum atomic E-state index is 5.82. The summed E-state index contributed by atoms with van der Waals surface area (Å²) in [5, 5.41) is 3.07. The van der Waals surface area contributed by atoms with Crippen LogP contribution in [-0.4, -0.2) is 33.8 Å². The molecule has 0 bridgehead atoms. The van der Waals surface area contributed by atoms with E-state index in [1.54, 1.807) is 21.3 Å². The quantitative estimate of drug-likeness (QED) is 0.435. The summed E-state index contributed by atoms with van der Waals surface area (Å²) >= 11 is 0. The lowest BCUT2D eigenvalue weighted by Crippen LogP contribution is -2.32. The highest BCUT2D eigenvalue weighted by Gasteiger charge is 2.15. The van der Waals surface area contributed by atoms with Gasteiger partial charge in [-0.15, -0.1) is 0 Å². The van der Waals surface area contributed by atoms with E-state index >= 15 is 0 Å². The van der Waals surface area contributed by atoms with E-state index in [4.69, 9.17) is 19.9 Å². The molecule has 6 heteroatoms. The van der Waals surface area contributed by atoms with Gasteiger partial charge >= 0.3 is 0 Å². The molecule has 1 aromatic rings. The van der Waals surface area contributed by atoms with Crippen LogP contribution in [-0.2, 0) is 6.54 Å². The van der Waals surface area contributed by atoms with Gasteiger partial charge in [-0.25, -0.2) is 4.99 Å². The number of hydrogen-bond donors (Lipinski definition) is 2. The van der Waals surface area contributed by atoms with Gasteiger partial charge in [0.1, 0.15) is 0 Å². The highest BCUT2D eigenvalue weighted by atomic mass is 16.5. The summed E-state index contributed by atoms with van der Waals surface area (Å²) in [5.41, 5.74) is 6.71. The Hall–Kier alpha value is -2.11. The topological polar surface area (TPSA) is 78.1 Å². The molecule has 0 aliphatic heterocycles. The minimum Gasteiger partial charge on any atom is -0.493 e. The lowest BCUT2D eigenvalue weighted by Gasteiger charge is -2.15. The minimum absolute atomic E-state index is 0.411. The maximum absolute atomic E-state index is 5.82. The fourth-order valence-electron chi connectivity index (χ4n) is 1.91. The Kier molecular flexibility index (Phi) is 7.21. The lowest BCUT2D eigenvalue weighted by atomic mass is 10.1. The molecule has 0 amide bonds. The molecule has 0 heterocycles. The second-order valence-corrected chi connectivity index (χ2v) is 4.48. The van der Waals surface area contributed by atoms with Gasteiger partial charge in [-0.2, -0.15) is 0 Å². The number of hydrogen-bond acceptors (Lipinski definition) is 4. The summed E-state index contributed by atoms with van der Waals surface area (Å²) in [6, 6.07) is 3.72. The molecular weight excluding hydrogens is 270 g/mol. The third kappa shape index (κ3) is 4.73. The van der Waals surface area contributed by atoms with Crippen LogP contribution in [0.25, 0.3) is 0 Å². The van der Waals surface area contributed by atoms with Crippen LogP contribution in [0.3, 0.4) is 0 Å². The molecule has 0 aliphatic carbocycles. The predicted octanol–water partition coefficient (Wildman–Crippen LogP) is 1.92. The van der Waals surface area contributed by atoms with Gasteiger partial charge in [0.25, 0.3) is 0 Å². The van der Waals surface area contributed by atoms with Gasteiger partial charge in [-0.1, -0.05) is 13.3 Å². The van der Waals surface area contributed by atoms with Crippen LogP contribution < -0.4 is 25.3 Å². The van der Waals surface area contributed by atoms with Gasteiger partial charge < -0.3 is 25.3 Å². The van der Waals surface area contributed by atoms with E-state index in [1.807, 2.05) is 12.1 Å². The molecule has 0 aromatic heterocycles. The van der Waals surface area contributed by atoms with E-state index in [-0.39, 0.29) is 0 Å². The molecule has 1 aromatic carbocycles. The average molecular weight is 295 g/mol. The van der Waals surface area contributed by atoms with Crippen LogP contribution in [0.5, 0.6) is 17.2 Å². The number of unbranched alkanes of at least 4 members (excludes halogenated alkanes) is 1. The summed E-state index contributed by atoms with van der Waals surface area (Å²) < 4.78 is 16.0. The van der Waals surface area contributed by atoms with Gasteiger partial charge in [0.2, 0.25) is 5.75 Å². The monoisotopic (exact) mass is 295 g/mol. The molecule has 0 fully saturated rings. The van der Waals surface area contributed by atoms with Gasteiger partial charge in [-0.05, 0) is 18.6 Å². The number of methoxy groups -OCH3 is 3. The van der Waals surface area contributed by atoms with Crippen LogP contribution in [0.2, 0.25) is 0 Å². The first kappa shape index (κ1) is 16.9. The Morgan fingerprint density at radius 3 is 2.43 bits per heavy atom. The molecule has 1 rings (SSSR count). The Bertz CT molecular complexity index is 475. The molecule has 0 saturated heterocycles. The SMILES string of the molecule is CCCCNC(N)=NCc1ccc(OC)c(OC)c1OC. The lowest BCUT2D eigenvalue weighted by molar-refractivity contribution is 0.322. The van der Waals surface area contributed by atoms with Crippen LogP contribution in [0.4, 0.5) is 0 Å². The summed E-state index contributed by atoms with van der Waals surface area (Å²) in [6.07, 6.45) is 2.18. The first-order chi connectivity index (χ1) is 10.2. The Morgan fingerprint density at radius 1 is 1.14 bits per heavy atom. The zero-order valence-corrected chi connectivity index (χ0v) is 13.2. The van der Waals surface area contributed by atoms with Crippen molar-refractivity contribution in [3.8, 4) is 17.2 Å². The first-order valence-corrected chi connectivity index (χ1v) is 6.99. The van der Waals surface area contributed by atoms with Gasteiger partial charge in [0, 0.05) is 12.1 Å². The zero-order valence-electron chi connectivity index (χ0n) is 13.2. The summed E-state index contributed by atoms with van der Waals surface area (Å²) in [4.78, 5) is 4.31. The van der Waals surface area contributed by atoms with Gasteiger partial charge in [0.15, 0.2) is 17.5 Å². The summed E-state index contributed by atoms with van der Waals surface area (Å²) in [5.74, 6) is 2.23. The summed E-state index contributed by atoms with van der Waals surface area (Å²) in [7, 11) is 4.76. The molecular formula is C15H25N3O3. The Morgan fingerprint density at radius 2 is 1.86 bits per heavy atom. The highest BCUT2D eigenvalue weighted by molar-refractivity contribution is 5.77. The van der Waals surface area contributed by atoms with Crippen molar-refractivity contribution >= 4 is 5.96 Å². The number of guanidine groups is 1. The number of ether oxygens (including phenoxy) is 3. The molecule has 118 valence electrons. The third-order valence-electron chi connectivity index (χ3n) is 3.04. The fraction of sp³-hybridized carbons (Fsp3) is 0.533. The highest BCUT2D eigenvalue weighted by Crippen LogP contribution is 2.39. The fourth-order valence-corrected chi connectivity index (χ4v) is 1.91. The third-order valence-corrected chi connectivity index (χ3v) is 3.04. The number of aliphatic imine (C=N–C) groups is 1. The minimum atomic E-state index is 0.411. The zero-order chi connectivity index (χ0) is 15.7. The molecule has 0 saturated carbocycles. The predicted molar refractivity (Wildman–Crippen MR) is 84.3 cm³/mol. The smallest absolute Gasteiger partial charge is 0.203 e. The van der Waals surface area contributed by atoms with E-state index in [2.05, 4.69) is 17.2 Å². The van der Waals surface area contributed by atoms with Crippen molar-refractivity contribution in [2.45, 2.75) is 26.3 Å². The van der Waals surface area contributed by atoms with Crippen molar-refractivity contribution in [1.29, 1.82) is 0 Å². The molecule has 0 radical (unpaired) electrons.